The first-order chi connectivity index (χ1) is 14.2. The summed E-state index contributed by atoms with van der Waals surface area (Å²) in [7, 11) is 0. The maximum Gasteiger partial charge on any atom is 0.141 e. The van der Waals surface area contributed by atoms with Gasteiger partial charge >= 0.3 is 0 Å². The molecular formula is C24H27N5. The first kappa shape index (κ1) is 18.3. The standard InChI is InChI=1S/C24H27N5/c1-17-22-23(20-9-5-6-10-21(20)26-17)29(16-15-28-13-11-19(25)12-14-28)24(27-22)18-7-3-2-4-8-18/h2-10,19H,11-16,25H2,1H3. The van der Waals surface area contributed by atoms with E-state index < -0.39 is 0 Å². The fourth-order valence-electron chi connectivity index (χ4n) is 4.43. The smallest absolute Gasteiger partial charge is 0.141 e. The minimum absolute atomic E-state index is 0.359. The van der Waals surface area contributed by atoms with E-state index in [1.54, 1.807) is 0 Å². The second kappa shape index (κ2) is 7.58. The van der Waals surface area contributed by atoms with Gasteiger partial charge in [0.25, 0.3) is 0 Å². The Bertz CT molecular complexity index is 1140. The van der Waals surface area contributed by atoms with Crippen LogP contribution >= 0.6 is 0 Å². The van der Waals surface area contributed by atoms with Crippen LogP contribution in [0.15, 0.2) is 54.6 Å². The highest BCUT2D eigenvalue weighted by molar-refractivity contribution is 6.04. The Hall–Kier alpha value is -2.76. The van der Waals surface area contributed by atoms with Crippen molar-refractivity contribution in [3.8, 4) is 11.4 Å². The van der Waals surface area contributed by atoms with E-state index in [9.17, 15) is 0 Å². The second-order valence-electron chi connectivity index (χ2n) is 8.04. The molecule has 0 bridgehead atoms. The summed E-state index contributed by atoms with van der Waals surface area (Å²) in [6, 6.07) is 19.2. The van der Waals surface area contributed by atoms with Gasteiger partial charge in [-0.25, -0.2) is 4.98 Å². The number of imidazole rings is 1. The Labute approximate surface area is 171 Å². The maximum absolute atomic E-state index is 6.09. The molecule has 0 spiro atoms. The van der Waals surface area contributed by atoms with Gasteiger partial charge < -0.3 is 15.2 Å². The van der Waals surface area contributed by atoms with Crippen molar-refractivity contribution in [3.63, 3.8) is 0 Å². The molecule has 0 unspecified atom stereocenters. The van der Waals surface area contributed by atoms with Crippen LogP contribution in [0.4, 0.5) is 0 Å². The molecule has 148 valence electrons. The molecule has 0 radical (unpaired) electrons. The van der Waals surface area contributed by atoms with Gasteiger partial charge in [-0.1, -0.05) is 48.5 Å². The lowest BCUT2D eigenvalue weighted by Gasteiger charge is -2.30. The summed E-state index contributed by atoms with van der Waals surface area (Å²) >= 11 is 0. The van der Waals surface area contributed by atoms with Crippen LogP contribution in [-0.4, -0.2) is 45.1 Å². The molecule has 5 rings (SSSR count). The number of rotatable bonds is 4. The van der Waals surface area contributed by atoms with E-state index in [0.29, 0.717) is 6.04 Å². The Morgan fingerprint density at radius 3 is 2.45 bits per heavy atom. The van der Waals surface area contributed by atoms with Crippen LogP contribution in [0.3, 0.4) is 0 Å². The average molecular weight is 386 g/mol. The molecule has 2 aromatic heterocycles. The summed E-state index contributed by atoms with van der Waals surface area (Å²) in [4.78, 5) is 12.4. The Balaban J connectivity index is 1.64. The van der Waals surface area contributed by atoms with Gasteiger partial charge in [-0.3, -0.25) is 4.98 Å². The predicted octanol–water partition coefficient (Wildman–Crippen LogP) is 3.98. The summed E-state index contributed by atoms with van der Waals surface area (Å²) in [5.41, 5.74) is 11.5. The number of aromatic nitrogens is 3. The molecule has 1 aliphatic heterocycles. The van der Waals surface area contributed by atoms with Gasteiger partial charge in [0.15, 0.2) is 0 Å². The third-order valence-corrected chi connectivity index (χ3v) is 6.06. The molecule has 2 aromatic carbocycles. The minimum Gasteiger partial charge on any atom is -0.328 e. The number of para-hydroxylation sites is 1. The highest BCUT2D eigenvalue weighted by Gasteiger charge is 2.20. The highest BCUT2D eigenvalue weighted by Crippen LogP contribution is 2.31. The summed E-state index contributed by atoms with van der Waals surface area (Å²) in [5.74, 6) is 1.02. The molecule has 1 saturated heterocycles. The van der Waals surface area contributed by atoms with Crippen molar-refractivity contribution in [1.82, 2.24) is 19.4 Å². The number of likely N-dealkylation sites (tertiary alicyclic amines) is 1. The van der Waals surface area contributed by atoms with Gasteiger partial charge in [-0.05, 0) is 38.9 Å². The number of nitrogens with two attached hydrogens (primary N) is 1. The summed E-state index contributed by atoms with van der Waals surface area (Å²) in [6.45, 7) is 6.13. The van der Waals surface area contributed by atoms with Crippen molar-refractivity contribution in [3.05, 3.63) is 60.3 Å². The Kier molecular flexibility index (Phi) is 4.78. The molecule has 4 aromatic rings. The van der Waals surface area contributed by atoms with Gasteiger partial charge in [0.2, 0.25) is 0 Å². The van der Waals surface area contributed by atoms with Crippen LogP contribution in [-0.2, 0) is 6.54 Å². The first-order valence-corrected chi connectivity index (χ1v) is 10.5. The summed E-state index contributed by atoms with van der Waals surface area (Å²) < 4.78 is 2.40. The van der Waals surface area contributed by atoms with E-state index >= 15 is 0 Å². The zero-order chi connectivity index (χ0) is 19.8. The number of piperidine rings is 1. The maximum atomic E-state index is 6.09. The van der Waals surface area contributed by atoms with Crippen molar-refractivity contribution < 1.29 is 0 Å². The van der Waals surface area contributed by atoms with Gasteiger partial charge in [-0.15, -0.1) is 0 Å². The SMILES string of the molecule is Cc1nc2ccccc2c2c1nc(-c1ccccc1)n2CCN1CCC(N)CC1. The normalized spacial score (nSPS) is 16.1. The average Bonchev–Trinajstić information content (AvgIpc) is 3.15. The van der Waals surface area contributed by atoms with Crippen LogP contribution in [0.25, 0.3) is 33.3 Å². The van der Waals surface area contributed by atoms with E-state index in [4.69, 9.17) is 15.7 Å². The zero-order valence-electron chi connectivity index (χ0n) is 16.9. The molecule has 29 heavy (non-hydrogen) atoms. The fraction of sp³-hybridized carbons (Fsp3) is 0.333. The highest BCUT2D eigenvalue weighted by atomic mass is 15.2. The number of aryl methyl sites for hydroxylation is 1. The fourth-order valence-corrected chi connectivity index (χ4v) is 4.43. The van der Waals surface area contributed by atoms with E-state index in [1.165, 1.54) is 10.9 Å². The lowest BCUT2D eigenvalue weighted by molar-refractivity contribution is 0.207. The number of pyridine rings is 1. The first-order valence-electron chi connectivity index (χ1n) is 10.5. The molecular weight excluding hydrogens is 358 g/mol. The molecule has 5 nitrogen and oxygen atoms in total. The second-order valence-corrected chi connectivity index (χ2v) is 8.04. The topological polar surface area (TPSA) is 60.0 Å². The summed E-state index contributed by atoms with van der Waals surface area (Å²) in [5, 5.41) is 1.17. The zero-order valence-corrected chi connectivity index (χ0v) is 16.9. The van der Waals surface area contributed by atoms with Crippen molar-refractivity contribution >= 4 is 21.9 Å². The molecule has 0 aliphatic carbocycles. The Morgan fingerprint density at radius 2 is 1.66 bits per heavy atom. The van der Waals surface area contributed by atoms with E-state index in [2.05, 4.69) is 71.0 Å². The quantitative estimate of drug-likeness (QED) is 0.577. The minimum atomic E-state index is 0.359. The van der Waals surface area contributed by atoms with Gasteiger partial charge in [0.1, 0.15) is 11.3 Å². The molecule has 2 N–H and O–H groups in total. The third kappa shape index (κ3) is 3.41. The van der Waals surface area contributed by atoms with Gasteiger partial charge in [0.05, 0.1) is 16.7 Å². The van der Waals surface area contributed by atoms with Crippen molar-refractivity contribution in [2.24, 2.45) is 5.73 Å². The molecule has 1 fully saturated rings. The predicted molar refractivity (Wildman–Crippen MR) is 119 cm³/mol. The summed E-state index contributed by atoms with van der Waals surface area (Å²) in [6.07, 6.45) is 2.17. The van der Waals surface area contributed by atoms with E-state index in [0.717, 1.165) is 67.1 Å². The van der Waals surface area contributed by atoms with Crippen molar-refractivity contribution in [2.45, 2.75) is 32.4 Å². The molecule has 0 atom stereocenters. The lowest BCUT2D eigenvalue weighted by Crippen LogP contribution is -2.40. The van der Waals surface area contributed by atoms with Crippen LogP contribution < -0.4 is 5.73 Å². The van der Waals surface area contributed by atoms with Crippen LogP contribution in [0.5, 0.6) is 0 Å². The molecule has 3 heterocycles. The number of hydrogen-bond acceptors (Lipinski definition) is 4. The van der Waals surface area contributed by atoms with Crippen molar-refractivity contribution in [1.29, 1.82) is 0 Å². The van der Waals surface area contributed by atoms with E-state index in [-0.39, 0.29) is 0 Å². The lowest BCUT2D eigenvalue weighted by atomic mass is 10.1. The number of fused-ring (bicyclic) bond motifs is 3. The third-order valence-electron chi connectivity index (χ3n) is 6.06. The number of hydrogen-bond donors (Lipinski definition) is 1. The molecule has 0 saturated carbocycles. The number of benzene rings is 2. The van der Waals surface area contributed by atoms with Gasteiger partial charge in [-0.2, -0.15) is 0 Å². The Morgan fingerprint density at radius 1 is 0.931 bits per heavy atom. The van der Waals surface area contributed by atoms with Crippen LogP contribution in [0, 0.1) is 6.92 Å². The van der Waals surface area contributed by atoms with Crippen LogP contribution in [0.2, 0.25) is 0 Å². The monoisotopic (exact) mass is 385 g/mol. The molecule has 0 amide bonds. The number of nitrogens with zero attached hydrogens (tertiary/aromatic N) is 4. The van der Waals surface area contributed by atoms with Crippen LogP contribution in [0.1, 0.15) is 18.5 Å². The largest absolute Gasteiger partial charge is 0.328 e. The van der Waals surface area contributed by atoms with Crippen molar-refractivity contribution in [2.75, 3.05) is 19.6 Å². The van der Waals surface area contributed by atoms with Gasteiger partial charge in [0, 0.05) is 30.1 Å². The molecule has 1 aliphatic rings. The van der Waals surface area contributed by atoms with E-state index in [1.807, 2.05) is 0 Å². The molecule has 5 heteroatoms.